The van der Waals surface area contributed by atoms with Crippen LogP contribution < -0.4 is 5.32 Å². The van der Waals surface area contributed by atoms with Gasteiger partial charge in [-0.25, -0.2) is 0 Å². The van der Waals surface area contributed by atoms with E-state index in [-0.39, 0.29) is 17.7 Å². The number of benzene rings is 1. The second-order valence-electron chi connectivity index (χ2n) is 4.92. The lowest BCUT2D eigenvalue weighted by Crippen LogP contribution is -2.34. The van der Waals surface area contributed by atoms with E-state index < -0.39 is 0 Å². The Labute approximate surface area is 116 Å². The first-order chi connectivity index (χ1) is 8.60. The molecule has 1 saturated carbocycles. The van der Waals surface area contributed by atoms with Crippen LogP contribution in [0.5, 0.6) is 5.75 Å². The first-order valence-electron chi connectivity index (χ1n) is 6.39. The summed E-state index contributed by atoms with van der Waals surface area (Å²) in [6, 6.07) is 5.13. The minimum absolute atomic E-state index is 0.0953. The van der Waals surface area contributed by atoms with Crippen LogP contribution in [0.25, 0.3) is 0 Å². The number of amides is 1. The molecule has 1 atom stereocenters. The third kappa shape index (κ3) is 3.48. The number of carbonyl (C=O) groups excluding carboxylic acids is 1. The molecule has 0 saturated heterocycles. The molecule has 1 fully saturated rings. The van der Waals surface area contributed by atoms with Gasteiger partial charge in [0.1, 0.15) is 5.75 Å². The molecule has 2 N–H and O–H groups in total. The van der Waals surface area contributed by atoms with E-state index in [0.717, 1.165) is 18.8 Å². The Kier molecular flexibility index (Phi) is 4.27. The van der Waals surface area contributed by atoms with E-state index in [4.69, 9.17) is 0 Å². The molecule has 1 aromatic carbocycles. The van der Waals surface area contributed by atoms with Crippen molar-refractivity contribution in [2.75, 3.05) is 0 Å². The van der Waals surface area contributed by atoms with E-state index in [1.54, 1.807) is 12.1 Å². The fraction of sp³-hybridized carbons (Fsp3) is 0.500. The fourth-order valence-electron chi connectivity index (χ4n) is 2.01. The topological polar surface area (TPSA) is 49.3 Å². The Morgan fingerprint density at radius 3 is 2.83 bits per heavy atom. The predicted octanol–water partition coefficient (Wildman–Crippen LogP) is 3.46. The molecule has 4 heteroatoms. The van der Waals surface area contributed by atoms with Gasteiger partial charge in [0, 0.05) is 11.6 Å². The molecule has 0 aromatic heterocycles. The SMILES string of the molecule is CCC(CC1CC1)NC(=O)c1ccc(Br)c(O)c1. The molecule has 2 rings (SSSR count). The number of hydrogen-bond acceptors (Lipinski definition) is 2. The number of phenols is 1. The van der Waals surface area contributed by atoms with Gasteiger partial charge in [-0.2, -0.15) is 0 Å². The minimum atomic E-state index is -0.106. The number of rotatable bonds is 5. The van der Waals surface area contributed by atoms with E-state index >= 15 is 0 Å². The normalized spacial score (nSPS) is 16.3. The van der Waals surface area contributed by atoms with Gasteiger partial charge in [0.25, 0.3) is 5.91 Å². The van der Waals surface area contributed by atoms with Crippen molar-refractivity contribution in [2.24, 2.45) is 5.92 Å². The summed E-state index contributed by atoms with van der Waals surface area (Å²) in [6.45, 7) is 2.09. The van der Waals surface area contributed by atoms with Gasteiger partial charge in [-0.3, -0.25) is 4.79 Å². The zero-order chi connectivity index (χ0) is 13.1. The van der Waals surface area contributed by atoms with E-state index in [0.29, 0.717) is 10.0 Å². The maximum Gasteiger partial charge on any atom is 0.251 e. The van der Waals surface area contributed by atoms with Crippen LogP contribution in [-0.4, -0.2) is 17.1 Å². The van der Waals surface area contributed by atoms with Crippen molar-refractivity contribution in [1.29, 1.82) is 0 Å². The van der Waals surface area contributed by atoms with Crippen LogP contribution in [0.1, 0.15) is 43.0 Å². The number of phenolic OH excluding ortho intramolecular Hbond substituents is 1. The lowest BCUT2D eigenvalue weighted by Gasteiger charge is -2.16. The number of nitrogens with one attached hydrogen (secondary N) is 1. The van der Waals surface area contributed by atoms with Crippen LogP contribution in [-0.2, 0) is 0 Å². The molecule has 18 heavy (non-hydrogen) atoms. The maximum atomic E-state index is 12.0. The highest BCUT2D eigenvalue weighted by atomic mass is 79.9. The van der Waals surface area contributed by atoms with Crippen molar-refractivity contribution in [3.8, 4) is 5.75 Å². The molecular weight excluding hydrogens is 294 g/mol. The summed E-state index contributed by atoms with van der Waals surface area (Å²) in [5.74, 6) is 0.789. The number of halogens is 1. The molecule has 0 spiro atoms. The van der Waals surface area contributed by atoms with E-state index in [1.165, 1.54) is 18.9 Å². The zero-order valence-corrected chi connectivity index (χ0v) is 12.0. The average Bonchev–Trinajstić information content (AvgIpc) is 3.15. The van der Waals surface area contributed by atoms with Gasteiger partial charge in [0.05, 0.1) is 4.47 Å². The van der Waals surface area contributed by atoms with Gasteiger partial charge < -0.3 is 10.4 Å². The second kappa shape index (κ2) is 5.74. The lowest BCUT2D eigenvalue weighted by molar-refractivity contribution is 0.0932. The Bertz CT molecular complexity index is 443. The Morgan fingerprint density at radius 2 is 2.28 bits per heavy atom. The molecule has 0 bridgehead atoms. The smallest absolute Gasteiger partial charge is 0.251 e. The van der Waals surface area contributed by atoms with Crippen molar-refractivity contribution in [3.63, 3.8) is 0 Å². The Morgan fingerprint density at radius 1 is 1.56 bits per heavy atom. The highest BCUT2D eigenvalue weighted by molar-refractivity contribution is 9.10. The third-order valence-electron chi connectivity index (χ3n) is 3.35. The molecule has 0 aliphatic heterocycles. The standard InChI is InChI=1S/C14H18BrNO2/c1-2-11(7-9-3-4-9)16-14(18)10-5-6-12(15)13(17)8-10/h5-6,8-9,11,17H,2-4,7H2,1H3,(H,16,18). The van der Waals surface area contributed by atoms with Gasteiger partial charge in [0.15, 0.2) is 0 Å². The first-order valence-corrected chi connectivity index (χ1v) is 7.18. The summed E-state index contributed by atoms with van der Waals surface area (Å²) in [5, 5.41) is 12.6. The molecule has 1 unspecified atom stereocenters. The van der Waals surface area contributed by atoms with Crippen molar-refractivity contribution >= 4 is 21.8 Å². The van der Waals surface area contributed by atoms with Crippen molar-refractivity contribution in [1.82, 2.24) is 5.32 Å². The molecule has 1 aliphatic rings. The van der Waals surface area contributed by atoms with Gasteiger partial charge in [-0.15, -0.1) is 0 Å². The maximum absolute atomic E-state index is 12.0. The monoisotopic (exact) mass is 311 g/mol. The summed E-state index contributed by atoms with van der Waals surface area (Å²) in [5.41, 5.74) is 0.505. The quantitative estimate of drug-likeness (QED) is 0.875. The largest absolute Gasteiger partial charge is 0.507 e. The van der Waals surface area contributed by atoms with E-state index in [1.807, 2.05) is 0 Å². The van der Waals surface area contributed by atoms with E-state index in [9.17, 15) is 9.90 Å². The summed E-state index contributed by atoms with van der Waals surface area (Å²) < 4.78 is 0.601. The molecular formula is C14H18BrNO2. The highest BCUT2D eigenvalue weighted by Gasteiger charge is 2.25. The van der Waals surface area contributed by atoms with Crippen LogP contribution in [0, 0.1) is 5.92 Å². The molecule has 3 nitrogen and oxygen atoms in total. The van der Waals surface area contributed by atoms with Gasteiger partial charge >= 0.3 is 0 Å². The highest BCUT2D eigenvalue weighted by Crippen LogP contribution is 2.34. The lowest BCUT2D eigenvalue weighted by atomic mass is 10.1. The van der Waals surface area contributed by atoms with Crippen molar-refractivity contribution < 1.29 is 9.90 Å². The van der Waals surface area contributed by atoms with Gasteiger partial charge in [0.2, 0.25) is 0 Å². The number of aromatic hydroxyl groups is 1. The van der Waals surface area contributed by atoms with Crippen LogP contribution in [0.3, 0.4) is 0 Å². The fourth-order valence-corrected chi connectivity index (χ4v) is 2.25. The summed E-state index contributed by atoms with van der Waals surface area (Å²) in [4.78, 5) is 12.0. The molecule has 0 radical (unpaired) electrons. The van der Waals surface area contributed by atoms with Crippen LogP contribution in [0.2, 0.25) is 0 Å². The average molecular weight is 312 g/mol. The third-order valence-corrected chi connectivity index (χ3v) is 4.02. The molecule has 1 aliphatic carbocycles. The number of carbonyl (C=O) groups is 1. The van der Waals surface area contributed by atoms with Crippen LogP contribution in [0.15, 0.2) is 22.7 Å². The summed E-state index contributed by atoms with van der Waals surface area (Å²) in [6.07, 6.45) is 4.62. The Hall–Kier alpha value is -1.03. The van der Waals surface area contributed by atoms with Gasteiger partial charge in [-0.05, 0) is 52.9 Å². The summed E-state index contributed by atoms with van der Waals surface area (Å²) >= 11 is 3.20. The summed E-state index contributed by atoms with van der Waals surface area (Å²) in [7, 11) is 0. The number of hydrogen-bond donors (Lipinski definition) is 2. The predicted molar refractivity (Wildman–Crippen MR) is 74.7 cm³/mol. The van der Waals surface area contributed by atoms with Crippen LogP contribution in [0.4, 0.5) is 0 Å². The van der Waals surface area contributed by atoms with Crippen LogP contribution >= 0.6 is 15.9 Å². The van der Waals surface area contributed by atoms with Crippen molar-refractivity contribution in [2.45, 2.75) is 38.6 Å². The molecule has 1 aromatic rings. The Balaban J connectivity index is 1.98. The zero-order valence-electron chi connectivity index (χ0n) is 10.4. The molecule has 0 heterocycles. The second-order valence-corrected chi connectivity index (χ2v) is 5.78. The van der Waals surface area contributed by atoms with Crippen molar-refractivity contribution in [3.05, 3.63) is 28.2 Å². The van der Waals surface area contributed by atoms with E-state index in [2.05, 4.69) is 28.2 Å². The molecule has 1 amide bonds. The van der Waals surface area contributed by atoms with Gasteiger partial charge in [-0.1, -0.05) is 19.8 Å². The first kappa shape index (κ1) is 13.4. The molecule has 98 valence electrons. The minimum Gasteiger partial charge on any atom is -0.507 e.